The Morgan fingerprint density at radius 2 is 1.93 bits per heavy atom. The largest absolute Gasteiger partial charge is 0.464 e. The number of guanidine groups is 1. The average Bonchev–Trinajstić information content (AvgIpc) is 3.04. The zero-order valence-corrected chi connectivity index (χ0v) is 18.3. The summed E-state index contributed by atoms with van der Waals surface area (Å²) in [6.07, 6.45) is -4.32. The molecule has 1 aromatic carbocycles. The normalized spacial score (nSPS) is 13.0. The fourth-order valence-corrected chi connectivity index (χ4v) is 2.46. The van der Waals surface area contributed by atoms with Crippen LogP contribution in [0.3, 0.4) is 0 Å². The lowest BCUT2D eigenvalue weighted by molar-refractivity contribution is -0.176. The van der Waals surface area contributed by atoms with Crippen LogP contribution in [0, 0.1) is 6.92 Å². The third kappa shape index (κ3) is 8.51. The van der Waals surface area contributed by atoms with Gasteiger partial charge in [-0.2, -0.15) is 13.2 Å². The van der Waals surface area contributed by atoms with Crippen molar-refractivity contribution in [3.8, 4) is 0 Å². The summed E-state index contributed by atoms with van der Waals surface area (Å²) in [7, 11) is 1.66. The number of rotatable bonds is 7. The highest BCUT2D eigenvalue weighted by Crippen LogP contribution is 2.17. The number of hydrogen-bond donors (Lipinski definition) is 2. The minimum absolute atomic E-state index is 0. The molecule has 0 aliphatic rings. The molecule has 1 heterocycles. The molecule has 0 amide bonds. The standard InChI is InChI=1S/C19H24F3N3O2.HI/c1-13-7-8-17(27-13)14(2)25-18(23-3)24-10-15-5-4-6-16(9-15)11-26-12-19(20,21)22;/h4-9,14H,10-12H2,1-3H3,(H2,23,24,25);1H. The van der Waals surface area contributed by atoms with Gasteiger partial charge in [-0.15, -0.1) is 24.0 Å². The molecule has 156 valence electrons. The number of nitrogens with one attached hydrogen (secondary N) is 2. The molecule has 2 N–H and O–H groups in total. The number of furan rings is 1. The van der Waals surface area contributed by atoms with E-state index >= 15 is 0 Å². The summed E-state index contributed by atoms with van der Waals surface area (Å²) in [6.45, 7) is 2.97. The van der Waals surface area contributed by atoms with E-state index in [0.29, 0.717) is 18.1 Å². The molecule has 0 saturated heterocycles. The van der Waals surface area contributed by atoms with Crippen molar-refractivity contribution in [2.75, 3.05) is 13.7 Å². The molecule has 2 aromatic rings. The van der Waals surface area contributed by atoms with Crippen LogP contribution in [-0.2, 0) is 17.9 Å². The average molecular weight is 511 g/mol. The number of halogens is 4. The lowest BCUT2D eigenvalue weighted by Crippen LogP contribution is -2.38. The maximum absolute atomic E-state index is 12.2. The molecule has 2 rings (SSSR count). The fourth-order valence-electron chi connectivity index (χ4n) is 2.46. The van der Waals surface area contributed by atoms with Crippen molar-refractivity contribution in [3.63, 3.8) is 0 Å². The van der Waals surface area contributed by atoms with Gasteiger partial charge in [0.25, 0.3) is 0 Å². The van der Waals surface area contributed by atoms with Crippen LogP contribution in [0.5, 0.6) is 0 Å². The molecule has 0 aliphatic heterocycles. The second-order valence-corrected chi connectivity index (χ2v) is 6.17. The van der Waals surface area contributed by atoms with Crippen molar-refractivity contribution in [1.82, 2.24) is 10.6 Å². The zero-order chi connectivity index (χ0) is 19.9. The highest BCUT2D eigenvalue weighted by molar-refractivity contribution is 14.0. The Morgan fingerprint density at radius 1 is 1.21 bits per heavy atom. The smallest absolute Gasteiger partial charge is 0.411 e. The first kappa shape index (κ1) is 24.3. The van der Waals surface area contributed by atoms with Crippen LogP contribution in [0.15, 0.2) is 45.8 Å². The van der Waals surface area contributed by atoms with Gasteiger partial charge in [-0.1, -0.05) is 24.3 Å². The predicted octanol–water partition coefficient (Wildman–Crippen LogP) is 4.71. The number of nitrogens with zero attached hydrogens (tertiary/aromatic N) is 1. The van der Waals surface area contributed by atoms with E-state index in [1.54, 1.807) is 25.2 Å². The van der Waals surface area contributed by atoms with Gasteiger partial charge in [0.1, 0.15) is 18.1 Å². The Bertz CT molecular complexity index is 763. The maximum Gasteiger partial charge on any atom is 0.411 e. The van der Waals surface area contributed by atoms with Gasteiger partial charge in [0.05, 0.1) is 12.6 Å². The quantitative estimate of drug-likeness (QED) is 0.321. The van der Waals surface area contributed by atoms with Crippen LogP contribution < -0.4 is 10.6 Å². The fraction of sp³-hybridized carbons (Fsp3) is 0.421. The predicted molar refractivity (Wildman–Crippen MR) is 113 cm³/mol. The van der Waals surface area contributed by atoms with E-state index in [1.165, 1.54) is 0 Å². The molecule has 0 saturated carbocycles. The van der Waals surface area contributed by atoms with Crippen molar-refractivity contribution in [1.29, 1.82) is 0 Å². The summed E-state index contributed by atoms with van der Waals surface area (Å²) in [4.78, 5) is 4.18. The molecule has 0 fully saturated rings. The van der Waals surface area contributed by atoms with Crippen LogP contribution in [0.25, 0.3) is 0 Å². The first-order valence-corrected chi connectivity index (χ1v) is 8.52. The van der Waals surface area contributed by atoms with Gasteiger partial charge in [0, 0.05) is 13.6 Å². The molecule has 0 bridgehead atoms. The number of hydrogen-bond acceptors (Lipinski definition) is 3. The van der Waals surface area contributed by atoms with Gasteiger partial charge >= 0.3 is 6.18 Å². The molecule has 0 aliphatic carbocycles. The Morgan fingerprint density at radius 3 is 2.54 bits per heavy atom. The summed E-state index contributed by atoms with van der Waals surface area (Å²) in [5.41, 5.74) is 1.59. The third-order valence-electron chi connectivity index (χ3n) is 3.75. The molecule has 0 radical (unpaired) electrons. The SMILES string of the molecule is CN=C(NCc1cccc(COCC(F)(F)F)c1)NC(C)c1ccc(C)o1.I. The minimum Gasteiger partial charge on any atom is -0.464 e. The van der Waals surface area contributed by atoms with Crippen LogP contribution >= 0.6 is 24.0 Å². The van der Waals surface area contributed by atoms with Crippen LogP contribution in [0.2, 0.25) is 0 Å². The molecule has 1 unspecified atom stereocenters. The minimum atomic E-state index is -4.32. The Kier molecular flexibility index (Phi) is 9.80. The molecule has 1 aromatic heterocycles. The second kappa shape index (κ2) is 11.3. The monoisotopic (exact) mass is 511 g/mol. The van der Waals surface area contributed by atoms with E-state index in [0.717, 1.165) is 17.1 Å². The zero-order valence-electron chi connectivity index (χ0n) is 16.0. The van der Waals surface area contributed by atoms with E-state index in [9.17, 15) is 13.2 Å². The number of aryl methyl sites for hydroxylation is 1. The number of ether oxygens (including phenoxy) is 1. The molecule has 5 nitrogen and oxygen atoms in total. The summed E-state index contributed by atoms with van der Waals surface area (Å²) < 4.78 is 46.7. The van der Waals surface area contributed by atoms with E-state index in [-0.39, 0.29) is 36.6 Å². The third-order valence-corrected chi connectivity index (χ3v) is 3.75. The molecule has 9 heteroatoms. The van der Waals surface area contributed by atoms with Crippen molar-refractivity contribution in [2.45, 2.75) is 39.2 Å². The number of aliphatic imine (C=N–C) groups is 1. The van der Waals surface area contributed by atoms with Gasteiger partial charge in [0.15, 0.2) is 5.96 Å². The summed E-state index contributed by atoms with van der Waals surface area (Å²) >= 11 is 0. The van der Waals surface area contributed by atoms with Crippen molar-refractivity contribution >= 4 is 29.9 Å². The van der Waals surface area contributed by atoms with E-state index in [1.807, 2.05) is 32.0 Å². The second-order valence-electron chi connectivity index (χ2n) is 6.17. The first-order chi connectivity index (χ1) is 12.8. The van der Waals surface area contributed by atoms with Crippen molar-refractivity contribution in [2.24, 2.45) is 4.99 Å². The molecule has 28 heavy (non-hydrogen) atoms. The van der Waals surface area contributed by atoms with E-state index in [4.69, 9.17) is 9.15 Å². The summed E-state index contributed by atoms with van der Waals surface area (Å²) in [6, 6.07) is 10.9. The van der Waals surface area contributed by atoms with Gasteiger partial charge in [-0.25, -0.2) is 0 Å². The Labute approximate surface area is 179 Å². The van der Waals surface area contributed by atoms with Crippen LogP contribution in [0.4, 0.5) is 13.2 Å². The van der Waals surface area contributed by atoms with E-state index < -0.39 is 12.8 Å². The number of alkyl halides is 3. The molecular weight excluding hydrogens is 486 g/mol. The molecule has 1 atom stereocenters. The van der Waals surface area contributed by atoms with Crippen molar-refractivity contribution in [3.05, 3.63) is 59.0 Å². The van der Waals surface area contributed by atoms with Crippen molar-refractivity contribution < 1.29 is 22.3 Å². The highest BCUT2D eigenvalue weighted by atomic mass is 127. The molecular formula is C19H25F3IN3O2. The lowest BCUT2D eigenvalue weighted by atomic mass is 10.1. The summed E-state index contributed by atoms with van der Waals surface area (Å²) in [5, 5.41) is 6.40. The number of benzene rings is 1. The highest BCUT2D eigenvalue weighted by Gasteiger charge is 2.27. The van der Waals surface area contributed by atoms with Gasteiger partial charge < -0.3 is 19.8 Å². The van der Waals surface area contributed by atoms with Crippen LogP contribution in [0.1, 0.15) is 35.6 Å². The van der Waals surface area contributed by atoms with Gasteiger partial charge in [-0.3, -0.25) is 4.99 Å². The van der Waals surface area contributed by atoms with E-state index in [2.05, 4.69) is 15.6 Å². The van der Waals surface area contributed by atoms with Crippen LogP contribution in [-0.4, -0.2) is 25.8 Å². The topological polar surface area (TPSA) is 58.8 Å². The Hall–Kier alpha value is -1.75. The maximum atomic E-state index is 12.2. The Balaban J connectivity index is 0.00000392. The van der Waals surface area contributed by atoms with Gasteiger partial charge in [0.2, 0.25) is 0 Å². The molecule has 0 spiro atoms. The van der Waals surface area contributed by atoms with Gasteiger partial charge in [-0.05, 0) is 37.1 Å². The lowest BCUT2D eigenvalue weighted by Gasteiger charge is -2.16. The first-order valence-electron chi connectivity index (χ1n) is 8.52. The summed E-state index contributed by atoms with van der Waals surface area (Å²) in [5.74, 6) is 2.24.